The third kappa shape index (κ3) is 35.5. The minimum atomic E-state index is -0.759. The van der Waals surface area contributed by atoms with Crippen LogP contribution in [-0.2, 0) is 28.6 Å². The smallest absolute Gasteiger partial charge is 0.306 e. The van der Waals surface area contributed by atoms with E-state index in [9.17, 15) is 14.4 Å². The molecule has 278 valence electrons. The van der Waals surface area contributed by atoms with E-state index in [4.69, 9.17) is 14.2 Å². The van der Waals surface area contributed by atoms with Crippen LogP contribution in [0.5, 0.6) is 0 Å². The summed E-state index contributed by atoms with van der Waals surface area (Å²) in [6, 6.07) is 0. The Labute approximate surface area is 291 Å². The van der Waals surface area contributed by atoms with Crippen molar-refractivity contribution < 1.29 is 28.6 Å². The van der Waals surface area contributed by atoms with Crippen LogP contribution in [0.3, 0.4) is 0 Å². The van der Waals surface area contributed by atoms with Gasteiger partial charge in [0.2, 0.25) is 0 Å². The summed E-state index contributed by atoms with van der Waals surface area (Å²) in [5.41, 5.74) is 0. The Balaban J connectivity index is 4.35. The Morgan fingerprint density at radius 1 is 0.404 bits per heavy atom. The summed E-state index contributed by atoms with van der Waals surface area (Å²) in [6.07, 6.45) is 29.6. The molecule has 0 amide bonds. The van der Waals surface area contributed by atoms with Crippen molar-refractivity contribution in [3.05, 3.63) is 0 Å². The number of unbranched alkanes of at least 4 members (excludes halogenated alkanes) is 20. The first-order valence-corrected chi connectivity index (χ1v) is 20.2. The van der Waals surface area contributed by atoms with Gasteiger partial charge in [0.25, 0.3) is 0 Å². The van der Waals surface area contributed by atoms with Gasteiger partial charge in [-0.15, -0.1) is 0 Å². The number of esters is 3. The third-order valence-electron chi connectivity index (χ3n) is 8.97. The highest BCUT2D eigenvalue weighted by Crippen LogP contribution is 2.15. The molecule has 0 unspecified atom stereocenters. The molecule has 6 heteroatoms. The van der Waals surface area contributed by atoms with Crippen molar-refractivity contribution in [2.45, 2.75) is 221 Å². The summed E-state index contributed by atoms with van der Waals surface area (Å²) in [5, 5.41) is 0. The van der Waals surface area contributed by atoms with Crippen molar-refractivity contribution in [2.24, 2.45) is 11.8 Å². The lowest BCUT2D eigenvalue weighted by Gasteiger charge is -2.18. The van der Waals surface area contributed by atoms with Gasteiger partial charge >= 0.3 is 17.9 Å². The molecule has 0 aromatic rings. The summed E-state index contributed by atoms with van der Waals surface area (Å²) >= 11 is 0. The van der Waals surface area contributed by atoms with Gasteiger partial charge in [0.1, 0.15) is 13.2 Å². The van der Waals surface area contributed by atoms with Gasteiger partial charge in [-0.05, 0) is 31.1 Å². The van der Waals surface area contributed by atoms with E-state index in [0.29, 0.717) is 19.3 Å². The largest absolute Gasteiger partial charge is 0.462 e. The van der Waals surface area contributed by atoms with Gasteiger partial charge in [0, 0.05) is 19.3 Å². The van der Waals surface area contributed by atoms with E-state index in [1.54, 1.807) is 0 Å². The zero-order valence-electron chi connectivity index (χ0n) is 31.9. The highest BCUT2D eigenvalue weighted by molar-refractivity contribution is 5.71. The van der Waals surface area contributed by atoms with E-state index in [1.165, 1.54) is 103 Å². The van der Waals surface area contributed by atoms with Gasteiger partial charge in [0.05, 0.1) is 0 Å². The fourth-order valence-electron chi connectivity index (χ4n) is 5.87. The first kappa shape index (κ1) is 45.4. The topological polar surface area (TPSA) is 78.9 Å². The normalized spacial score (nSPS) is 12.1. The highest BCUT2D eigenvalue weighted by Gasteiger charge is 2.19. The van der Waals surface area contributed by atoms with Crippen LogP contribution < -0.4 is 0 Å². The lowest BCUT2D eigenvalue weighted by molar-refractivity contribution is -0.167. The van der Waals surface area contributed by atoms with Crippen LogP contribution in [0.2, 0.25) is 0 Å². The Morgan fingerprint density at radius 3 is 1.04 bits per heavy atom. The fourth-order valence-corrected chi connectivity index (χ4v) is 5.87. The second kappa shape index (κ2) is 34.3. The van der Waals surface area contributed by atoms with Crippen molar-refractivity contribution in [2.75, 3.05) is 13.2 Å². The van der Waals surface area contributed by atoms with E-state index >= 15 is 0 Å². The summed E-state index contributed by atoms with van der Waals surface area (Å²) in [7, 11) is 0. The average Bonchev–Trinajstić information content (AvgIpc) is 3.03. The van der Waals surface area contributed by atoms with Gasteiger partial charge in [0.15, 0.2) is 6.10 Å². The molecule has 0 bridgehead atoms. The third-order valence-corrected chi connectivity index (χ3v) is 8.97. The molecule has 0 N–H and O–H groups in total. The number of carbonyl (C=O) groups excluding carboxylic acids is 3. The predicted octanol–water partition coefficient (Wildman–Crippen LogP) is 12.2. The molecule has 0 saturated heterocycles. The van der Waals surface area contributed by atoms with Crippen LogP contribution >= 0.6 is 0 Å². The van der Waals surface area contributed by atoms with Crippen molar-refractivity contribution in [1.82, 2.24) is 0 Å². The maximum Gasteiger partial charge on any atom is 0.306 e. The molecule has 6 nitrogen and oxygen atoms in total. The van der Waals surface area contributed by atoms with Crippen molar-refractivity contribution in [1.29, 1.82) is 0 Å². The average molecular weight is 667 g/mol. The quantitative estimate of drug-likeness (QED) is 0.0380. The maximum absolute atomic E-state index is 12.6. The molecule has 1 atom stereocenters. The molecule has 0 aromatic heterocycles. The molecule has 0 fully saturated rings. The summed E-state index contributed by atoms with van der Waals surface area (Å²) in [6.45, 7) is 11.2. The minimum absolute atomic E-state index is 0.0672. The van der Waals surface area contributed by atoms with Gasteiger partial charge < -0.3 is 14.2 Å². The molecule has 0 radical (unpaired) electrons. The monoisotopic (exact) mass is 667 g/mol. The number of carbonyl (C=O) groups is 3. The van der Waals surface area contributed by atoms with E-state index < -0.39 is 6.10 Å². The van der Waals surface area contributed by atoms with E-state index in [-0.39, 0.29) is 31.1 Å². The van der Waals surface area contributed by atoms with Crippen molar-refractivity contribution >= 4 is 17.9 Å². The zero-order chi connectivity index (χ0) is 34.8. The standard InChI is InChI=1S/C41H78O6/c1-6-7-8-9-10-11-15-21-26-31-39(42)45-34-38(47-41(44)33-28-23-18-17-20-25-30-37(4)5)35-46-40(43)32-27-22-16-13-12-14-19-24-29-36(2)3/h36-38H,6-35H2,1-5H3/t38-/m1/s1. The molecule has 0 saturated carbocycles. The van der Waals surface area contributed by atoms with Crippen LogP contribution in [0.4, 0.5) is 0 Å². The first-order valence-electron chi connectivity index (χ1n) is 20.2. The second-order valence-corrected chi connectivity index (χ2v) is 14.9. The fraction of sp³-hybridized carbons (Fsp3) is 0.927. The van der Waals surface area contributed by atoms with Crippen LogP contribution in [0.15, 0.2) is 0 Å². The maximum atomic E-state index is 12.6. The van der Waals surface area contributed by atoms with Crippen molar-refractivity contribution in [3.63, 3.8) is 0 Å². The summed E-state index contributed by atoms with van der Waals surface area (Å²) < 4.78 is 16.6. The summed E-state index contributed by atoms with van der Waals surface area (Å²) in [5.74, 6) is 0.682. The van der Waals surface area contributed by atoms with Gasteiger partial charge in [-0.3, -0.25) is 14.4 Å². The van der Waals surface area contributed by atoms with Crippen molar-refractivity contribution in [3.8, 4) is 0 Å². The Kier molecular flexibility index (Phi) is 33.1. The van der Waals surface area contributed by atoms with E-state index in [1.807, 2.05) is 0 Å². The van der Waals surface area contributed by atoms with Gasteiger partial charge in [-0.2, -0.15) is 0 Å². The number of rotatable bonds is 35. The Morgan fingerprint density at radius 2 is 0.702 bits per heavy atom. The molecule has 0 aliphatic heterocycles. The van der Waals surface area contributed by atoms with E-state index in [0.717, 1.165) is 69.6 Å². The lowest BCUT2D eigenvalue weighted by Crippen LogP contribution is -2.30. The molecular formula is C41H78O6. The lowest BCUT2D eigenvalue weighted by atomic mass is 10.0. The van der Waals surface area contributed by atoms with Gasteiger partial charge in [-0.25, -0.2) is 0 Å². The van der Waals surface area contributed by atoms with Crippen LogP contribution in [0.1, 0.15) is 214 Å². The minimum Gasteiger partial charge on any atom is -0.462 e. The molecule has 0 aromatic carbocycles. The SMILES string of the molecule is CCCCCCCCCCCC(=O)OC[C@H](COC(=O)CCCCCCCCCCC(C)C)OC(=O)CCCCCCCCC(C)C. The Bertz CT molecular complexity index is 719. The second-order valence-electron chi connectivity index (χ2n) is 14.9. The van der Waals surface area contributed by atoms with Crippen LogP contribution in [-0.4, -0.2) is 37.2 Å². The van der Waals surface area contributed by atoms with Gasteiger partial charge in [-0.1, -0.05) is 176 Å². The molecule has 0 heterocycles. The number of hydrogen-bond donors (Lipinski definition) is 0. The molecule has 0 rings (SSSR count). The number of ether oxygens (including phenoxy) is 3. The van der Waals surface area contributed by atoms with Crippen LogP contribution in [0.25, 0.3) is 0 Å². The molecule has 47 heavy (non-hydrogen) atoms. The molecule has 0 spiro atoms. The van der Waals surface area contributed by atoms with E-state index in [2.05, 4.69) is 34.6 Å². The predicted molar refractivity (Wildman–Crippen MR) is 196 cm³/mol. The first-order chi connectivity index (χ1) is 22.7. The van der Waals surface area contributed by atoms with Crippen LogP contribution in [0, 0.1) is 11.8 Å². The molecular weight excluding hydrogens is 588 g/mol. The zero-order valence-corrected chi connectivity index (χ0v) is 31.9. The highest BCUT2D eigenvalue weighted by atomic mass is 16.6. The Hall–Kier alpha value is -1.59. The molecule has 0 aliphatic rings. The molecule has 0 aliphatic carbocycles. The summed E-state index contributed by atoms with van der Waals surface area (Å²) in [4.78, 5) is 37.4. The number of hydrogen-bond acceptors (Lipinski definition) is 6.